The number of aromatic nitrogens is 5. The number of anilines is 3. The number of aryl methyl sites for hydroxylation is 1. The van der Waals surface area contributed by atoms with Gasteiger partial charge >= 0.3 is 6.18 Å². The summed E-state index contributed by atoms with van der Waals surface area (Å²) in [6, 6.07) is 14.9. The van der Waals surface area contributed by atoms with Gasteiger partial charge in [-0.1, -0.05) is 30.3 Å². The van der Waals surface area contributed by atoms with Crippen molar-refractivity contribution in [3.63, 3.8) is 0 Å². The van der Waals surface area contributed by atoms with Crippen LogP contribution in [0.4, 0.5) is 30.6 Å². The highest BCUT2D eigenvalue weighted by Gasteiger charge is 2.32. The average Bonchev–Trinajstić information content (AvgIpc) is 3.31. The fourth-order valence-electron chi connectivity index (χ4n) is 4.40. The summed E-state index contributed by atoms with van der Waals surface area (Å²) in [5.74, 6) is 0.167. The average molecular weight is 619 g/mol. The van der Waals surface area contributed by atoms with Crippen LogP contribution in [-0.2, 0) is 35.9 Å². The highest BCUT2D eigenvalue weighted by Crippen LogP contribution is 2.33. The Morgan fingerprint density at radius 3 is 2.62 bits per heavy atom. The lowest BCUT2D eigenvalue weighted by molar-refractivity contribution is -0.138. The summed E-state index contributed by atoms with van der Waals surface area (Å²) in [6.07, 6.45) is -1.33. The number of pyridine rings is 3. The Labute approximate surface area is 253 Å². The molecule has 2 N–H and O–H groups in total. The zero-order valence-electron chi connectivity index (χ0n) is 23.9. The van der Waals surface area contributed by atoms with Gasteiger partial charge in [-0.15, -0.1) is 0 Å². The minimum absolute atomic E-state index is 0.0101. The highest BCUT2D eigenvalue weighted by molar-refractivity contribution is 5.88. The Hall–Kier alpha value is -5.75. The molecule has 1 aromatic carbocycles. The Morgan fingerprint density at radius 2 is 1.91 bits per heavy atom. The number of carbonyl (C=O) groups excluding carboxylic acids is 1. The van der Waals surface area contributed by atoms with Gasteiger partial charge in [-0.25, -0.2) is 9.97 Å². The molecule has 0 unspecified atom stereocenters. The van der Waals surface area contributed by atoms with Crippen LogP contribution in [0.3, 0.4) is 0 Å². The van der Waals surface area contributed by atoms with E-state index >= 15 is 0 Å². The second-order valence-electron chi connectivity index (χ2n) is 9.74. The van der Waals surface area contributed by atoms with Gasteiger partial charge in [-0.2, -0.15) is 23.4 Å². The number of alkyl halides is 3. The quantitative estimate of drug-likeness (QED) is 0.203. The molecule has 0 saturated carbocycles. The molecule has 0 aliphatic carbocycles. The molecule has 4 aromatic heterocycles. The maximum Gasteiger partial charge on any atom is 0.417 e. The molecular weight excluding hydrogens is 593 g/mol. The van der Waals surface area contributed by atoms with Gasteiger partial charge in [0.2, 0.25) is 11.9 Å². The Morgan fingerprint density at radius 1 is 1.13 bits per heavy atom. The second-order valence-corrected chi connectivity index (χ2v) is 9.74. The molecule has 0 fully saturated rings. The van der Waals surface area contributed by atoms with E-state index < -0.39 is 17.3 Å². The number of amides is 1. The number of fused-ring (bicyclic) bond motifs is 1. The van der Waals surface area contributed by atoms with E-state index in [1.165, 1.54) is 43.1 Å². The van der Waals surface area contributed by atoms with Crippen molar-refractivity contribution in [2.45, 2.75) is 26.3 Å². The lowest BCUT2D eigenvalue weighted by atomic mass is 10.2. The van der Waals surface area contributed by atoms with Crippen LogP contribution in [0, 0.1) is 11.3 Å². The summed E-state index contributed by atoms with van der Waals surface area (Å²) in [7, 11) is 1.51. The predicted molar refractivity (Wildman–Crippen MR) is 157 cm³/mol. The number of nitriles is 1. The van der Waals surface area contributed by atoms with Gasteiger partial charge in [0.05, 0.1) is 25.0 Å². The van der Waals surface area contributed by atoms with E-state index in [2.05, 4.69) is 25.6 Å². The minimum Gasteiger partial charge on any atom is -0.454 e. The van der Waals surface area contributed by atoms with Crippen LogP contribution in [0.5, 0.6) is 11.5 Å². The molecule has 0 aliphatic rings. The lowest BCUT2D eigenvalue weighted by Crippen LogP contribution is -2.26. The molecule has 0 spiro atoms. The van der Waals surface area contributed by atoms with Crippen LogP contribution in [-0.4, -0.2) is 36.6 Å². The van der Waals surface area contributed by atoms with Gasteiger partial charge in [0.15, 0.2) is 11.4 Å². The van der Waals surface area contributed by atoms with Crippen LogP contribution in [0.2, 0.25) is 0 Å². The number of imidazole rings is 1. The molecule has 45 heavy (non-hydrogen) atoms. The Bertz CT molecular complexity index is 1970. The third-order valence-electron chi connectivity index (χ3n) is 6.49. The number of carbonyl (C=O) groups is 1. The molecule has 1 amide bonds. The smallest absolute Gasteiger partial charge is 0.417 e. The van der Waals surface area contributed by atoms with E-state index in [1.54, 1.807) is 0 Å². The standard InChI is InChI=1S/C30H25F3N8O4/c1-18(42)37-25-13-21(8-9-35-25)45-24-15-36-27-26(22(24)14-34)40(2)29(39-27)38-23-12-20(30(31,32)33)16-41(28(23)43)10-11-44-17-19-6-4-3-5-7-19/h3-9,12-13,15-16H,10-11,17H2,1-2H3,(H,35,37,42)(H,36,38,39). The molecule has 12 nitrogen and oxygen atoms in total. The molecule has 0 bridgehead atoms. The first kappa shape index (κ1) is 30.7. The van der Waals surface area contributed by atoms with Crippen LogP contribution in [0.1, 0.15) is 23.6 Å². The van der Waals surface area contributed by atoms with Crippen LogP contribution < -0.4 is 20.9 Å². The van der Waals surface area contributed by atoms with Crippen molar-refractivity contribution in [2.24, 2.45) is 7.05 Å². The summed E-state index contributed by atoms with van der Waals surface area (Å²) < 4.78 is 55.1. The monoisotopic (exact) mass is 618 g/mol. The van der Waals surface area contributed by atoms with Gasteiger partial charge in [0.1, 0.15) is 34.4 Å². The fourth-order valence-corrected chi connectivity index (χ4v) is 4.40. The van der Waals surface area contributed by atoms with E-state index in [-0.39, 0.29) is 71.3 Å². The predicted octanol–water partition coefficient (Wildman–Crippen LogP) is 5.13. The van der Waals surface area contributed by atoms with Crippen LogP contribution in [0.25, 0.3) is 11.2 Å². The van der Waals surface area contributed by atoms with Crippen LogP contribution in [0.15, 0.2) is 71.9 Å². The number of hydrogen-bond acceptors (Lipinski definition) is 9. The Kier molecular flexibility index (Phi) is 8.77. The number of rotatable bonds is 10. The first-order chi connectivity index (χ1) is 21.5. The van der Waals surface area contributed by atoms with E-state index in [1.807, 2.05) is 36.4 Å². The largest absolute Gasteiger partial charge is 0.454 e. The molecular formula is C30H25F3N8O4. The van der Waals surface area contributed by atoms with Crippen LogP contribution >= 0.6 is 0 Å². The molecule has 0 radical (unpaired) electrons. The number of benzene rings is 1. The molecule has 5 aromatic rings. The summed E-state index contributed by atoms with van der Waals surface area (Å²) in [5.41, 5.74) is -0.971. The van der Waals surface area contributed by atoms with Crippen molar-refractivity contribution in [1.82, 2.24) is 24.1 Å². The highest BCUT2D eigenvalue weighted by atomic mass is 19.4. The van der Waals surface area contributed by atoms with Crippen molar-refractivity contribution >= 4 is 34.5 Å². The van der Waals surface area contributed by atoms with Gasteiger partial charge < -0.3 is 29.2 Å². The van der Waals surface area contributed by atoms with Crippen molar-refractivity contribution in [2.75, 3.05) is 17.2 Å². The zero-order valence-corrected chi connectivity index (χ0v) is 23.9. The topological polar surface area (TPSA) is 149 Å². The number of nitrogens with zero attached hydrogens (tertiary/aromatic N) is 6. The summed E-state index contributed by atoms with van der Waals surface area (Å²) in [4.78, 5) is 37.2. The van der Waals surface area contributed by atoms with E-state index in [9.17, 15) is 28.0 Å². The fraction of sp³-hybridized carbons (Fsp3) is 0.200. The molecule has 0 saturated heterocycles. The van der Waals surface area contributed by atoms with E-state index in [0.29, 0.717) is 6.07 Å². The van der Waals surface area contributed by atoms with Gasteiger partial charge in [-0.3, -0.25) is 9.59 Å². The van der Waals surface area contributed by atoms with E-state index in [4.69, 9.17) is 9.47 Å². The molecule has 15 heteroatoms. The molecule has 5 rings (SSSR count). The molecule has 0 atom stereocenters. The number of halogens is 3. The van der Waals surface area contributed by atoms with Gasteiger partial charge in [0.25, 0.3) is 5.56 Å². The summed E-state index contributed by atoms with van der Waals surface area (Å²) >= 11 is 0. The molecule has 0 aliphatic heterocycles. The Balaban J connectivity index is 1.43. The summed E-state index contributed by atoms with van der Waals surface area (Å²) in [6.45, 7) is 1.42. The van der Waals surface area contributed by atoms with Crippen molar-refractivity contribution in [3.05, 3.63) is 94.2 Å². The zero-order chi connectivity index (χ0) is 32.1. The molecule has 4 heterocycles. The maximum atomic E-state index is 13.8. The first-order valence-corrected chi connectivity index (χ1v) is 13.4. The van der Waals surface area contributed by atoms with E-state index in [0.717, 1.165) is 16.3 Å². The third-order valence-corrected chi connectivity index (χ3v) is 6.49. The van der Waals surface area contributed by atoms with Crippen molar-refractivity contribution in [3.8, 4) is 17.6 Å². The third kappa shape index (κ3) is 7.08. The number of ether oxygens (including phenoxy) is 2. The van der Waals surface area contributed by atoms with Gasteiger partial charge in [0, 0.05) is 39.0 Å². The second kappa shape index (κ2) is 12.9. The normalized spacial score (nSPS) is 11.3. The lowest BCUT2D eigenvalue weighted by Gasteiger charge is -2.15. The number of hydrogen-bond donors (Lipinski definition) is 2. The first-order valence-electron chi connectivity index (χ1n) is 13.4. The summed E-state index contributed by atoms with van der Waals surface area (Å²) in [5, 5.41) is 15.2. The minimum atomic E-state index is -4.74. The SMILES string of the molecule is CC(=O)Nc1cc(Oc2cnc3nc(Nc4cc(C(F)(F)F)cn(CCOCc5ccccc5)c4=O)n(C)c3c2C#N)ccn1. The number of nitrogens with one attached hydrogen (secondary N) is 2. The van der Waals surface area contributed by atoms with Gasteiger partial charge in [-0.05, 0) is 17.7 Å². The molecule has 230 valence electrons. The maximum absolute atomic E-state index is 13.8. The van der Waals surface area contributed by atoms with Crippen molar-refractivity contribution < 1.29 is 27.4 Å². The van der Waals surface area contributed by atoms with Crippen molar-refractivity contribution in [1.29, 1.82) is 5.26 Å².